The van der Waals surface area contributed by atoms with E-state index in [2.05, 4.69) is 5.32 Å². The maximum atomic E-state index is 5.20. The number of hydrogen-bond acceptors (Lipinski definition) is 6. The van der Waals surface area contributed by atoms with Gasteiger partial charge in [-0.1, -0.05) is 18.2 Å². The van der Waals surface area contributed by atoms with Crippen molar-refractivity contribution in [2.45, 2.75) is 6.61 Å². The molecule has 5 nitrogen and oxygen atoms in total. The van der Waals surface area contributed by atoms with Gasteiger partial charge in [-0.05, 0) is 36.4 Å². The third-order valence-corrected chi connectivity index (χ3v) is 4.46. The van der Waals surface area contributed by atoms with Gasteiger partial charge in [0.2, 0.25) is 0 Å². The van der Waals surface area contributed by atoms with Crippen LogP contribution in [0.1, 0.15) is 4.88 Å². The summed E-state index contributed by atoms with van der Waals surface area (Å²) in [5.41, 5.74) is 2.00. The summed E-state index contributed by atoms with van der Waals surface area (Å²) in [7, 11) is 3.15. The van der Waals surface area contributed by atoms with E-state index in [9.17, 15) is 0 Å². The lowest BCUT2D eigenvalue weighted by molar-refractivity contribution is -0.281. The fourth-order valence-electron chi connectivity index (χ4n) is 2.17. The first-order valence-corrected chi connectivity index (χ1v) is 8.23. The first-order chi connectivity index (χ1) is 11.8. The van der Waals surface area contributed by atoms with Crippen molar-refractivity contribution < 1.29 is 14.5 Å². The number of anilines is 2. The van der Waals surface area contributed by atoms with E-state index < -0.39 is 0 Å². The highest BCUT2D eigenvalue weighted by atomic mass is 32.1. The monoisotopic (exact) mass is 342 g/mol. The lowest BCUT2D eigenvalue weighted by atomic mass is 10.2. The molecule has 0 unspecified atom stereocenters. The molecule has 1 aromatic heterocycles. The molecule has 0 atom stereocenters. The number of hydrogen-bond donors (Lipinski definition) is 1. The maximum Gasteiger partial charge on any atom is 0.147 e. The number of ether oxygens (including phenoxy) is 1. The summed E-state index contributed by atoms with van der Waals surface area (Å²) >= 11 is 1.57. The SMILES string of the molecule is COOCc1sc(-c2ccc(OC)cc2)nc1Nc1ccccc1. The summed E-state index contributed by atoms with van der Waals surface area (Å²) in [5, 5.41) is 4.24. The molecule has 124 valence electrons. The quantitative estimate of drug-likeness (QED) is 0.501. The molecule has 0 bridgehead atoms. The van der Waals surface area contributed by atoms with E-state index in [1.54, 1.807) is 18.4 Å². The summed E-state index contributed by atoms with van der Waals surface area (Å²) < 4.78 is 5.20. The minimum Gasteiger partial charge on any atom is -0.497 e. The minimum absolute atomic E-state index is 0.333. The van der Waals surface area contributed by atoms with Crippen molar-refractivity contribution in [2.24, 2.45) is 0 Å². The van der Waals surface area contributed by atoms with Crippen molar-refractivity contribution in [2.75, 3.05) is 19.5 Å². The van der Waals surface area contributed by atoms with Gasteiger partial charge in [-0.25, -0.2) is 14.8 Å². The van der Waals surface area contributed by atoms with Gasteiger partial charge in [0, 0.05) is 11.3 Å². The first-order valence-electron chi connectivity index (χ1n) is 7.42. The summed E-state index contributed by atoms with van der Waals surface area (Å²) in [5.74, 6) is 1.59. The van der Waals surface area contributed by atoms with E-state index >= 15 is 0 Å². The van der Waals surface area contributed by atoms with Gasteiger partial charge < -0.3 is 10.1 Å². The second-order valence-corrected chi connectivity index (χ2v) is 6.02. The highest BCUT2D eigenvalue weighted by Gasteiger charge is 2.13. The smallest absolute Gasteiger partial charge is 0.147 e. The highest BCUT2D eigenvalue weighted by Crippen LogP contribution is 2.33. The van der Waals surface area contributed by atoms with Crippen molar-refractivity contribution in [1.82, 2.24) is 4.98 Å². The molecular weight excluding hydrogens is 324 g/mol. The number of thiazole rings is 1. The number of nitrogens with one attached hydrogen (secondary N) is 1. The molecule has 0 aliphatic heterocycles. The van der Waals surface area contributed by atoms with Crippen LogP contribution in [0.3, 0.4) is 0 Å². The van der Waals surface area contributed by atoms with Crippen molar-refractivity contribution in [3.8, 4) is 16.3 Å². The lowest BCUT2D eigenvalue weighted by Crippen LogP contribution is -1.96. The van der Waals surface area contributed by atoms with E-state index in [-0.39, 0.29) is 0 Å². The topological polar surface area (TPSA) is 52.6 Å². The fourth-order valence-corrected chi connectivity index (χ4v) is 3.10. The second kappa shape index (κ2) is 7.92. The summed E-state index contributed by atoms with van der Waals surface area (Å²) in [6.07, 6.45) is 0. The highest BCUT2D eigenvalue weighted by molar-refractivity contribution is 7.15. The zero-order valence-electron chi connectivity index (χ0n) is 13.5. The Bertz CT molecular complexity index is 773. The van der Waals surface area contributed by atoms with Crippen LogP contribution in [-0.4, -0.2) is 19.2 Å². The molecule has 6 heteroatoms. The Morgan fingerprint density at radius 3 is 2.42 bits per heavy atom. The van der Waals surface area contributed by atoms with Gasteiger partial charge in [0.05, 0.1) is 19.1 Å². The van der Waals surface area contributed by atoms with Gasteiger partial charge in [0.25, 0.3) is 0 Å². The van der Waals surface area contributed by atoms with Crippen LogP contribution in [0.2, 0.25) is 0 Å². The van der Waals surface area contributed by atoms with Gasteiger partial charge in [-0.15, -0.1) is 11.3 Å². The molecule has 0 radical (unpaired) electrons. The zero-order valence-corrected chi connectivity index (χ0v) is 14.3. The number of rotatable bonds is 7. The Labute approximate surface area is 144 Å². The van der Waals surface area contributed by atoms with E-state index in [0.29, 0.717) is 6.61 Å². The van der Waals surface area contributed by atoms with E-state index in [1.807, 2.05) is 54.6 Å². The van der Waals surface area contributed by atoms with E-state index in [4.69, 9.17) is 19.5 Å². The Hall–Kier alpha value is -2.41. The molecule has 0 saturated heterocycles. The van der Waals surface area contributed by atoms with Gasteiger partial charge in [0.1, 0.15) is 23.2 Å². The summed E-state index contributed by atoms with van der Waals surface area (Å²) in [6.45, 7) is 0.333. The molecule has 0 aliphatic carbocycles. The van der Waals surface area contributed by atoms with Crippen LogP contribution < -0.4 is 10.1 Å². The standard InChI is InChI=1S/C18H18N2O3S/c1-21-15-10-8-13(9-11-15)18-20-17(16(24-18)12-23-22-2)19-14-6-4-3-5-7-14/h3-11,19H,12H2,1-2H3. The molecule has 3 aromatic rings. The average molecular weight is 342 g/mol. The molecule has 1 heterocycles. The lowest BCUT2D eigenvalue weighted by Gasteiger charge is -2.05. The third kappa shape index (κ3) is 3.91. The number of methoxy groups -OCH3 is 1. The number of benzene rings is 2. The molecule has 0 fully saturated rings. The molecular formula is C18H18N2O3S. The van der Waals surface area contributed by atoms with Crippen LogP contribution >= 0.6 is 11.3 Å². The molecule has 1 N–H and O–H groups in total. The second-order valence-electron chi connectivity index (χ2n) is 4.94. The predicted octanol–water partition coefficient (Wildman–Crippen LogP) is 4.64. The summed E-state index contributed by atoms with van der Waals surface area (Å²) in [6, 6.07) is 17.7. The predicted molar refractivity (Wildman–Crippen MR) is 95.6 cm³/mol. The van der Waals surface area contributed by atoms with Crippen molar-refractivity contribution >= 4 is 22.8 Å². The van der Waals surface area contributed by atoms with Crippen molar-refractivity contribution in [3.05, 3.63) is 59.5 Å². The van der Waals surface area contributed by atoms with E-state index in [0.717, 1.165) is 32.7 Å². The van der Waals surface area contributed by atoms with Gasteiger partial charge >= 0.3 is 0 Å². The number of aromatic nitrogens is 1. The largest absolute Gasteiger partial charge is 0.497 e. The Morgan fingerprint density at radius 2 is 1.75 bits per heavy atom. The van der Waals surface area contributed by atoms with Crippen molar-refractivity contribution in [3.63, 3.8) is 0 Å². The normalized spacial score (nSPS) is 10.6. The molecule has 0 saturated carbocycles. The van der Waals surface area contributed by atoms with Crippen LogP contribution in [0.4, 0.5) is 11.5 Å². The first kappa shape index (κ1) is 16.4. The fraction of sp³-hybridized carbons (Fsp3) is 0.167. The van der Waals surface area contributed by atoms with Crippen LogP contribution in [0.25, 0.3) is 10.6 Å². The van der Waals surface area contributed by atoms with Crippen LogP contribution in [0, 0.1) is 0 Å². The van der Waals surface area contributed by atoms with Crippen LogP contribution in [0.5, 0.6) is 5.75 Å². The van der Waals surface area contributed by atoms with E-state index in [1.165, 1.54) is 7.11 Å². The minimum atomic E-state index is 0.333. The molecule has 3 rings (SSSR count). The zero-order chi connectivity index (χ0) is 16.8. The van der Waals surface area contributed by atoms with Crippen LogP contribution in [-0.2, 0) is 16.4 Å². The Kier molecular flexibility index (Phi) is 5.43. The number of nitrogens with zero attached hydrogens (tertiary/aromatic N) is 1. The van der Waals surface area contributed by atoms with Gasteiger partial charge in [0.15, 0.2) is 0 Å². The molecule has 0 amide bonds. The Morgan fingerprint density at radius 1 is 1.00 bits per heavy atom. The number of para-hydroxylation sites is 1. The molecule has 2 aromatic carbocycles. The molecule has 24 heavy (non-hydrogen) atoms. The van der Waals surface area contributed by atoms with Gasteiger partial charge in [-0.3, -0.25) is 0 Å². The maximum absolute atomic E-state index is 5.20. The molecule has 0 aliphatic rings. The third-order valence-electron chi connectivity index (χ3n) is 3.38. The van der Waals surface area contributed by atoms with Crippen LogP contribution in [0.15, 0.2) is 54.6 Å². The van der Waals surface area contributed by atoms with Crippen molar-refractivity contribution in [1.29, 1.82) is 0 Å². The van der Waals surface area contributed by atoms with Gasteiger partial charge in [-0.2, -0.15) is 0 Å². The Balaban J connectivity index is 1.89. The molecule has 0 spiro atoms. The average Bonchev–Trinajstić information content (AvgIpc) is 3.03. The summed E-state index contributed by atoms with van der Waals surface area (Å²) in [4.78, 5) is 15.5.